The Labute approximate surface area is 153 Å². The molecule has 4 rings (SSSR count). The molecular formula is C19H26N4O3. The van der Waals surface area contributed by atoms with Crippen molar-refractivity contribution in [2.45, 2.75) is 38.1 Å². The minimum atomic E-state index is 0.353. The van der Waals surface area contributed by atoms with Crippen LogP contribution in [0.1, 0.15) is 43.3 Å². The van der Waals surface area contributed by atoms with Gasteiger partial charge in [-0.3, -0.25) is 4.90 Å². The Morgan fingerprint density at radius 1 is 1.19 bits per heavy atom. The second kappa shape index (κ2) is 8.60. The summed E-state index contributed by atoms with van der Waals surface area (Å²) in [5.41, 5.74) is 0. The third-order valence-electron chi connectivity index (χ3n) is 5.13. The van der Waals surface area contributed by atoms with E-state index < -0.39 is 0 Å². The van der Waals surface area contributed by atoms with E-state index in [0.29, 0.717) is 24.3 Å². The van der Waals surface area contributed by atoms with Gasteiger partial charge in [-0.25, -0.2) is 4.98 Å². The van der Waals surface area contributed by atoms with Crippen molar-refractivity contribution < 1.29 is 14.0 Å². The average molecular weight is 358 g/mol. The summed E-state index contributed by atoms with van der Waals surface area (Å²) in [6.45, 7) is 5.08. The molecule has 2 aliphatic rings. The molecule has 0 aliphatic carbocycles. The van der Waals surface area contributed by atoms with Crippen LogP contribution < -0.4 is 4.74 Å². The van der Waals surface area contributed by atoms with Gasteiger partial charge in [0.15, 0.2) is 5.82 Å². The van der Waals surface area contributed by atoms with Crippen molar-refractivity contribution >= 4 is 0 Å². The van der Waals surface area contributed by atoms with Crippen molar-refractivity contribution in [1.82, 2.24) is 20.0 Å². The van der Waals surface area contributed by atoms with Crippen LogP contribution in [0.4, 0.5) is 0 Å². The van der Waals surface area contributed by atoms with E-state index >= 15 is 0 Å². The Bertz CT molecular complexity index is 672. The van der Waals surface area contributed by atoms with E-state index in [1.807, 2.05) is 18.2 Å². The predicted octanol–water partition coefficient (Wildman–Crippen LogP) is 2.65. The summed E-state index contributed by atoms with van der Waals surface area (Å²) < 4.78 is 16.7. The largest absolute Gasteiger partial charge is 0.477 e. The van der Waals surface area contributed by atoms with Crippen LogP contribution in [-0.4, -0.2) is 52.9 Å². The molecule has 2 aromatic heterocycles. The van der Waals surface area contributed by atoms with Crippen LogP contribution in [0.25, 0.3) is 0 Å². The van der Waals surface area contributed by atoms with Gasteiger partial charge in [-0.15, -0.1) is 0 Å². The van der Waals surface area contributed by atoms with Gasteiger partial charge in [0.1, 0.15) is 0 Å². The van der Waals surface area contributed by atoms with Crippen molar-refractivity contribution in [3.63, 3.8) is 0 Å². The summed E-state index contributed by atoms with van der Waals surface area (Å²) in [5.74, 6) is 3.12. The molecule has 1 unspecified atom stereocenters. The van der Waals surface area contributed by atoms with Crippen molar-refractivity contribution in [1.29, 1.82) is 0 Å². The smallest absolute Gasteiger partial charge is 0.229 e. The Balaban J connectivity index is 1.27. The van der Waals surface area contributed by atoms with Gasteiger partial charge in [0.25, 0.3) is 0 Å². The molecule has 0 aromatic carbocycles. The molecule has 0 spiro atoms. The highest BCUT2D eigenvalue weighted by molar-refractivity contribution is 5.09. The van der Waals surface area contributed by atoms with Crippen LogP contribution >= 0.6 is 0 Å². The molecule has 2 saturated heterocycles. The van der Waals surface area contributed by atoms with Gasteiger partial charge in [-0.05, 0) is 38.3 Å². The lowest BCUT2D eigenvalue weighted by Crippen LogP contribution is -2.37. The first-order chi connectivity index (χ1) is 12.9. The summed E-state index contributed by atoms with van der Waals surface area (Å²) in [6.07, 6.45) is 6.05. The summed E-state index contributed by atoms with van der Waals surface area (Å²) in [4.78, 5) is 11.2. The van der Waals surface area contributed by atoms with Gasteiger partial charge in [0.05, 0.1) is 13.2 Å². The second-order valence-corrected chi connectivity index (χ2v) is 7.16. The minimum Gasteiger partial charge on any atom is -0.477 e. The zero-order valence-electron chi connectivity index (χ0n) is 15.0. The lowest BCUT2D eigenvalue weighted by atomic mass is 9.99. The van der Waals surface area contributed by atoms with Crippen LogP contribution in [-0.2, 0) is 11.3 Å². The summed E-state index contributed by atoms with van der Waals surface area (Å²) in [6, 6.07) is 5.74. The van der Waals surface area contributed by atoms with E-state index in [1.165, 1.54) is 12.8 Å². The maximum Gasteiger partial charge on any atom is 0.229 e. The van der Waals surface area contributed by atoms with Gasteiger partial charge in [0, 0.05) is 43.9 Å². The number of pyridine rings is 1. The van der Waals surface area contributed by atoms with E-state index in [2.05, 4.69) is 20.0 Å². The minimum absolute atomic E-state index is 0.353. The first kappa shape index (κ1) is 17.4. The van der Waals surface area contributed by atoms with E-state index in [-0.39, 0.29) is 0 Å². The zero-order chi connectivity index (χ0) is 17.6. The third kappa shape index (κ3) is 4.59. The topological polar surface area (TPSA) is 73.5 Å². The standard InChI is InChI=1S/C19H26N4O3/c1-2-8-20-18(5-1)25-14-15-4-3-9-23(12-15)13-17-21-19(26-22-17)16-6-10-24-11-7-16/h1-2,5,8,15-16H,3-4,6-7,9-14H2. The SMILES string of the molecule is c1ccc(OCC2CCCN(Cc3noc(C4CCOCC4)n3)C2)nc1. The molecule has 140 valence electrons. The molecule has 1 atom stereocenters. The molecule has 7 nitrogen and oxygen atoms in total. The normalized spacial score (nSPS) is 22.4. The Kier molecular flexibility index (Phi) is 5.76. The van der Waals surface area contributed by atoms with E-state index in [9.17, 15) is 0 Å². The van der Waals surface area contributed by atoms with Crippen LogP contribution in [0.5, 0.6) is 5.88 Å². The number of rotatable bonds is 6. The number of aromatic nitrogens is 3. The molecule has 7 heteroatoms. The number of nitrogens with zero attached hydrogens (tertiary/aromatic N) is 4. The van der Waals surface area contributed by atoms with Crippen molar-refractivity contribution in [2.75, 3.05) is 32.9 Å². The molecule has 0 radical (unpaired) electrons. The molecule has 2 aliphatic heterocycles. The van der Waals surface area contributed by atoms with Crippen molar-refractivity contribution in [2.24, 2.45) is 5.92 Å². The molecular weight excluding hydrogens is 332 g/mol. The molecule has 4 heterocycles. The summed E-state index contributed by atoms with van der Waals surface area (Å²) in [5, 5.41) is 4.19. The van der Waals surface area contributed by atoms with Crippen LogP contribution in [0.2, 0.25) is 0 Å². The Morgan fingerprint density at radius 2 is 2.12 bits per heavy atom. The molecule has 0 bridgehead atoms. The maximum atomic E-state index is 5.83. The molecule has 2 aromatic rings. The van der Waals surface area contributed by atoms with Gasteiger partial charge in [0.2, 0.25) is 11.8 Å². The Morgan fingerprint density at radius 3 is 2.96 bits per heavy atom. The van der Waals surface area contributed by atoms with Gasteiger partial charge >= 0.3 is 0 Å². The first-order valence-electron chi connectivity index (χ1n) is 9.53. The van der Waals surface area contributed by atoms with Crippen LogP contribution in [0.15, 0.2) is 28.9 Å². The highest BCUT2D eigenvalue weighted by atomic mass is 16.5. The molecule has 26 heavy (non-hydrogen) atoms. The fourth-order valence-electron chi connectivity index (χ4n) is 3.71. The Hall–Kier alpha value is -1.99. The number of hydrogen-bond acceptors (Lipinski definition) is 7. The number of hydrogen-bond donors (Lipinski definition) is 0. The van der Waals surface area contributed by atoms with E-state index in [1.54, 1.807) is 6.20 Å². The summed E-state index contributed by atoms with van der Waals surface area (Å²) >= 11 is 0. The first-order valence-corrected chi connectivity index (χ1v) is 9.53. The van der Waals surface area contributed by atoms with E-state index in [4.69, 9.17) is 14.0 Å². The van der Waals surface area contributed by atoms with E-state index in [0.717, 1.165) is 57.4 Å². The predicted molar refractivity (Wildman–Crippen MR) is 94.8 cm³/mol. The van der Waals surface area contributed by atoms with Gasteiger partial charge < -0.3 is 14.0 Å². The molecule has 0 N–H and O–H groups in total. The highest BCUT2D eigenvalue weighted by Crippen LogP contribution is 2.26. The van der Waals surface area contributed by atoms with Crippen molar-refractivity contribution in [3.8, 4) is 5.88 Å². The zero-order valence-corrected chi connectivity index (χ0v) is 15.0. The number of piperidine rings is 1. The third-order valence-corrected chi connectivity index (χ3v) is 5.13. The van der Waals surface area contributed by atoms with Crippen molar-refractivity contribution in [3.05, 3.63) is 36.1 Å². The fourth-order valence-corrected chi connectivity index (χ4v) is 3.71. The summed E-state index contributed by atoms with van der Waals surface area (Å²) in [7, 11) is 0. The van der Waals surface area contributed by atoms with Gasteiger partial charge in [-0.2, -0.15) is 4.98 Å². The lowest BCUT2D eigenvalue weighted by molar-refractivity contribution is 0.0778. The van der Waals surface area contributed by atoms with Crippen LogP contribution in [0.3, 0.4) is 0 Å². The lowest BCUT2D eigenvalue weighted by Gasteiger charge is -2.31. The number of likely N-dealkylation sites (tertiary alicyclic amines) is 1. The second-order valence-electron chi connectivity index (χ2n) is 7.16. The maximum absolute atomic E-state index is 5.83. The fraction of sp³-hybridized carbons (Fsp3) is 0.632. The monoisotopic (exact) mass is 358 g/mol. The quantitative estimate of drug-likeness (QED) is 0.786. The van der Waals surface area contributed by atoms with Crippen LogP contribution in [0, 0.1) is 5.92 Å². The molecule has 0 amide bonds. The molecule has 2 fully saturated rings. The average Bonchev–Trinajstić information content (AvgIpc) is 3.17. The number of ether oxygens (including phenoxy) is 2. The van der Waals surface area contributed by atoms with Gasteiger partial charge in [-0.1, -0.05) is 11.2 Å². The molecule has 0 saturated carbocycles. The highest BCUT2D eigenvalue weighted by Gasteiger charge is 2.25.